The summed E-state index contributed by atoms with van der Waals surface area (Å²) < 4.78 is 9.65. The van der Waals surface area contributed by atoms with Crippen LogP contribution in [0.4, 0.5) is 0 Å². The van der Waals surface area contributed by atoms with Gasteiger partial charge in [-0.1, -0.05) is 76.3 Å². The van der Waals surface area contributed by atoms with Crippen molar-refractivity contribution in [3.8, 4) is 0 Å². The number of carbonyl (C=O) groups is 4. The number of esters is 2. The van der Waals surface area contributed by atoms with Crippen LogP contribution in [0.5, 0.6) is 0 Å². The van der Waals surface area contributed by atoms with E-state index < -0.39 is 16.8 Å². The van der Waals surface area contributed by atoms with Gasteiger partial charge in [-0.3, -0.25) is 9.59 Å². The third-order valence-corrected chi connectivity index (χ3v) is 7.90. The molecule has 9 heteroatoms. The maximum atomic E-state index is 12.4. The Morgan fingerprint density at radius 2 is 1.55 bits per heavy atom. The number of unbranched alkanes of at least 4 members (excludes halogenated alkanes) is 4. The molecule has 226 valence electrons. The van der Waals surface area contributed by atoms with Crippen LogP contribution in [0.15, 0.2) is 41.6 Å². The van der Waals surface area contributed by atoms with Crippen molar-refractivity contribution in [1.82, 2.24) is 10.6 Å². The van der Waals surface area contributed by atoms with Crippen molar-refractivity contribution >= 4 is 36.5 Å². The second-order valence-electron chi connectivity index (χ2n) is 9.61. The lowest BCUT2D eigenvalue weighted by molar-refractivity contribution is -0.147. The van der Waals surface area contributed by atoms with E-state index in [-0.39, 0.29) is 11.7 Å². The zero-order valence-corrected chi connectivity index (χ0v) is 26.1. The van der Waals surface area contributed by atoms with E-state index in [1.54, 1.807) is 25.6 Å². The van der Waals surface area contributed by atoms with Gasteiger partial charge in [0.25, 0.3) is 0 Å². The summed E-state index contributed by atoms with van der Waals surface area (Å²) in [4.78, 5) is 45.3. The van der Waals surface area contributed by atoms with E-state index in [9.17, 15) is 19.2 Å². The van der Waals surface area contributed by atoms with Crippen LogP contribution in [0.2, 0.25) is 0 Å². The van der Waals surface area contributed by atoms with Crippen LogP contribution in [0.1, 0.15) is 98.5 Å². The molecule has 40 heavy (non-hydrogen) atoms. The lowest BCUT2D eigenvalue weighted by Gasteiger charge is -2.35. The van der Waals surface area contributed by atoms with Crippen molar-refractivity contribution in [3.05, 3.63) is 47.2 Å². The number of hydrogen-bond donors (Lipinski definition) is 2. The van der Waals surface area contributed by atoms with Crippen molar-refractivity contribution in [3.63, 3.8) is 0 Å². The summed E-state index contributed by atoms with van der Waals surface area (Å²) in [5.41, 5.74) is 2.37. The maximum absolute atomic E-state index is 12.4. The molecule has 0 aliphatic rings. The van der Waals surface area contributed by atoms with Crippen LogP contribution in [-0.2, 0) is 34.4 Å². The first-order valence-electron chi connectivity index (χ1n) is 14.4. The second kappa shape index (κ2) is 22.9. The van der Waals surface area contributed by atoms with Crippen molar-refractivity contribution in [2.24, 2.45) is 0 Å². The average molecular weight is 579 g/mol. The number of benzene rings is 1. The number of allylic oxidation sites excluding steroid dienone is 1. The highest BCUT2D eigenvalue weighted by atomic mass is 32.2. The van der Waals surface area contributed by atoms with Crippen molar-refractivity contribution in [2.75, 3.05) is 13.2 Å². The molecule has 0 aliphatic carbocycles. The first kappa shape index (κ1) is 37.2. The lowest BCUT2D eigenvalue weighted by Crippen LogP contribution is -2.52. The predicted molar refractivity (Wildman–Crippen MR) is 163 cm³/mol. The largest absolute Gasteiger partial charge is 0.464 e. The van der Waals surface area contributed by atoms with Gasteiger partial charge in [0, 0.05) is 10.5 Å². The van der Waals surface area contributed by atoms with Gasteiger partial charge in [0.15, 0.2) is 0 Å². The third kappa shape index (κ3) is 15.1. The molecule has 0 aromatic heterocycles. The number of carbonyl (C=O) groups excluding carboxylic acids is 4. The lowest BCUT2D eigenvalue weighted by atomic mass is 9.94. The molecule has 0 fully saturated rings. The van der Waals surface area contributed by atoms with Gasteiger partial charge in [-0.15, -0.1) is 11.8 Å². The minimum atomic E-state index is -0.638. The maximum Gasteiger partial charge on any atom is 0.354 e. The Balaban J connectivity index is 0.000000829. The minimum absolute atomic E-state index is 0.285. The van der Waals surface area contributed by atoms with E-state index in [2.05, 4.69) is 36.6 Å². The Labute approximate surface area is 245 Å². The number of nitrogens with one attached hydrogen (secondary N) is 2. The molecular formula is C31H50N2O6S. The Kier molecular flexibility index (Phi) is 21.3. The molecule has 1 rings (SSSR count). The predicted octanol–water partition coefficient (Wildman–Crippen LogP) is 6.09. The summed E-state index contributed by atoms with van der Waals surface area (Å²) in [6, 6.07) is 9.52. The monoisotopic (exact) mass is 578 g/mol. The van der Waals surface area contributed by atoms with Crippen molar-refractivity contribution in [2.45, 2.75) is 109 Å². The van der Waals surface area contributed by atoms with Gasteiger partial charge in [0.1, 0.15) is 11.7 Å². The SMILES string of the molecule is CCCCC/C(C)=C(/NC=O)C(=O)OCC.CCCCCC(C)(SCc1ccccc1)C(NC=O)C(=O)OCC. The molecule has 0 heterocycles. The number of ether oxygens (including phenoxy) is 2. The number of amides is 2. The Morgan fingerprint density at radius 3 is 2.10 bits per heavy atom. The normalized spacial score (nSPS) is 13.3. The van der Waals surface area contributed by atoms with E-state index in [1.165, 1.54) is 5.56 Å². The Bertz CT molecular complexity index is 893. The van der Waals surface area contributed by atoms with Gasteiger partial charge in [-0.05, 0) is 58.1 Å². The van der Waals surface area contributed by atoms with Gasteiger partial charge in [-0.25, -0.2) is 9.59 Å². The van der Waals surface area contributed by atoms with Gasteiger partial charge in [0.2, 0.25) is 12.8 Å². The highest BCUT2D eigenvalue weighted by Gasteiger charge is 2.40. The van der Waals surface area contributed by atoms with Gasteiger partial charge in [-0.2, -0.15) is 0 Å². The molecule has 8 nitrogen and oxygen atoms in total. The molecule has 1 aromatic carbocycles. The fourth-order valence-electron chi connectivity index (χ4n) is 4.02. The first-order chi connectivity index (χ1) is 19.2. The fourth-order valence-corrected chi connectivity index (χ4v) is 5.33. The number of thioether (sulfide) groups is 1. The van der Waals surface area contributed by atoms with E-state index in [0.717, 1.165) is 62.7 Å². The highest BCUT2D eigenvalue weighted by Crippen LogP contribution is 2.37. The fraction of sp³-hybridized carbons (Fsp3) is 0.613. The molecule has 2 N–H and O–H groups in total. The van der Waals surface area contributed by atoms with Crippen LogP contribution < -0.4 is 10.6 Å². The van der Waals surface area contributed by atoms with E-state index >= 15 is 0 Å². The van der Waals surface area contributed by atoms with Crippen molar-refractivity contribution < 1.29 is 28.7 Å². The van der Waals surface area contributed by atoms with E-state index in [4.69, 9.17) is 9.47 Å². The molecule has 0 aliphatic heterocycles. The average Bonchev–Trinajstić information content (AvgIpc) is 2.95. The molecule has 0 saturated heterocycles. The van der Waals surface area contributed by atoms with E-state index in [1.807, 2.05) is 32.0 Å². The summed E-state index contributed by atoms with van der Waals surface area (Å²) in [6.45, 7) is 12.3. The van der Waals surface area contributed by atoms with Gasteiger partial charge >= 0.3 is 11.9 Å². The van der Waals surface area contributed by atoms with Crippen molar-refractivity contribution in [1.29, 1.82) is 0 Å². The summed E-state index contributed by atoms with van der Waals surface area (Å²) >= 11 is 1.71. The van der Waals surface area contributed by atoms with Crippen LogP contribution in [-0.4, -0.2) is 48.8 Å². The zero-order valence-electron chi connectivity index (χ0n) is 25.3. The van der Waals surface area contributed by atoms with E-state index in [0.29, 0.717) is 26.0 Å². The third-order valence-electron chi connectivity index (χ3n) is 6.32. The van der Waals surface area contributed by atoms with Crippen LogP contribution in [0.25, 0.3) is 0 Å². The quantitative estimate of drug-likeness (QED) is 0.0834. The molecule has 0 saturated carbocycles. The topological polar surface area (TPSA) is 111 Å². The first-order valence-corrected chi connectivity index (χ1v) is 15.3. The molecule has 2 amide bonds. The second-order valence-corrected chi connectivity index (χ2v) is 11.1. The molecule has 1 aromatic rings. The van der Waals surface area contributed by atoms with Gasteiger partial charge < -0.3 is 20.1 Å². The summed E-state index contributed by atoms with van der Waals surface area (Å²) in [5.74, 6) is -0.0207. The summed E-state index contributed by atoms with van der Waals surface area (Å²) in [6.07, 6.45) is 9.28. The zero-order chi connectivity index (χ0) is 30.2. The molecule has 2 unspecified atom stereocenters. The summed E-state index contributed by atoms with van der Waals surface area (Å²) in [7, 11) is 0. The number of hydrogen-bond acceptors (Lipinski definition) is 7. The van der Waals surface area contributed by atoms with Gasteiger partial charge in [0.05, 0.1) is 13.2 Å². The van der Waals surface area contributed by atoms with Crippen LogP contribution in [0.3, 0.4) is 0 Å². The Hall–Kier alpha value is -2.81. The van der Waals surface area contributed by atoms with Crippen LogP contribution >= 0.6 is 11.8 Å². The summed E-state index contributed by atoms with van der Waals surface area (Å²) in [5, 5.41) is 5.11. The minimum Gasteiger partial charge on any atom is -0.464 e. The number of rotatable bonds is 20. The standard InChI is InChI=1S/C19H29NO3S.C12H21NO3/c1-4-6-10-13-19(3,17(20-15-21)18(22)23-5-2)24-14-16-11-8-7-9-12-16;1-4-6-7-8-10(3)11(13-9-14)12(15)16-5-2/h7-9,11-12,15,17H,4-6,10,13-14H2,1-3H3,(H,20,21);9H,4-8H2,1-3H3,(H,13,14)/b;11-10+. The van der Waals surface area contributed by atoms with Crippen LogP contribution in [0, 0.1) is 0 Å². The molecule has 0 radical (unpaired) electrons. The molecule has 0 bridgehead atoms. The smallest absolute Gasteiger partial charge is 0.354 e. The molecule has 2 atom stereocenters. The molecule has 0 spiro atoms. The highest BCUT2D eigenvalue weighted by molar-refractivity contribution is 8.00. The molecular weight excluding hydrogens is 528 g/mol. The Morgan fingerprint density at radius 1 is 0.925 bits per heavy atom.